The molecule has 4 nitrogen and oxygen atoms in total. The first-order valence-corrected chi connectivity index (χ1v) is 3.96. The van der Waals surface area contributed by atoms with Gasteiger partial charge in [0.2, 0.25) is 0 Å². The third kappa shape index (κ3) is 3.46. The fourth-order valence-corrected chi connectivity index (χ4v) is 0.789. The number of nitrogens with zero attached hydrogens (tertiary/aromatic N) is 2. The van der Waals surface area contributed by atoms with Crippen LogP contribution in [-0.2, 0) is 0 Å². The van der Waals surface area contributed by atoms with Gasteiger partial charge in [-0.25, -0.2) is 9.97 Å². The molecular weight excluding hydrogens is 164 g/mol. The van der Waals surface area contributed by atoms with E-state index in [0.29, 0.717) is 5.71 Å². The van der Waals surface area contributed by atoms with Crippen molar-refractivity contribution in [1.82, 2.24) is 9.97 Å². The molecule has 4 heteroatoms. The summed E-state index contributed by atoms with van der Waals surface area (Å²) in [7, 11) is 0. The number of hydrogen-bond acceptors (Lipinski definition) is 4. The molecule has 0 aromatic carbocycles. The summed E-state index contributed by atoms with van der Waals surface area (Å²) in [5, 5.41) is 10.1. The molecule has 13 heavy (non-hydrogen) atoms. The predicted octanol–water partition coefficient (Wildman–Crippen LogP) is 1.75. The van der Waals surface area contributed by atoms with Crippen molar-refractivity contribution < 1.29 is 0 Å². The Labute approximate surface area is 77.2 Å². The summed E-state index contributed by atoms with van der Waals surface area (Å²) in [4.78, 5) is 8.09. The lowest BCUT2D eigenvalue weighted by molar-refractivity contribution is 1.06. The summed E-state index contributed by atoms with van der Waals surface area (Å²) in [6.45, 7) is 3.54. The van der Waals surface area contributed by atoms with Crippen molar-refractivity contribution in [2.24, 2.45) is 0 Å². The fraction of sp³-hybridized carbons (Fsp3) is 0.222. The largest absolute Gasteiger partial charge is 0.347 e. The first kappa shape index (κ1) is 9.38. The summed E-state index contributed by atoms with van der Waals surface area (Å²) in [5.74, 6) is 1.47. The molecular formula is C9H12N4. The van der Waals surface area contributed by atoms with E-state index in [-0.39, 0.29) is 0 Å². The van der Waals surface area contributed by atoms with Gasteiger partial charge in [0, 0.05) is 18.1 Å². The minimum atomic E-state index is 0.498. The lowest BCUT2D eigenvalue weighted by Crippen LogP contribution is -1.95. The van der Waals surface area contributed by atoms with Crippen molar-refractivity contribution in [3.05, 3.63) is 30.4 Å². The molecule has 0 aliphatic heterocycles. The van der Waals surface area contributed by atoms with Crippen LogP contribution in [0.3, 0.4) is 0 Å². The first-order chi connectivity index (χ1) is 6.18. The highest BCUT2D eigenvalue weighted by Gasteiger charge is 1.90. The van der Waals surface area contributed by atoms with Crippen LogP contribution in [0.15, 0.2) is 24.5 Å². The molecule has 0 fully saturated rings. The number of aromatic nitrogens is 2. The van der Waals surface area contributed by atoms with Crippen molar-refractivity contribution in [2.45, 2.75) is 13.8 Å². The standard InChI is InChI=1S/C9H12N4/c1-7(10)3-5-12-9-4-6-11-8(2)13-9/h3-6,10H,1-2H3,(H,11,12,13)/b5-3-,10-7?. The zero-order valence-corrected chi connectivity index (χ0v) is 7.70. The molecule has 0 saturated carbocycles. The summed E-state index contributed by atoms with van der Waals surface area (Å²) in [5.41, 5.74) is 0.498. The van der Waals surface area contributed by atoms with Crippen LogP contribution in [-0.4, -0.2) is 15.7 Å². The maximum Gasteiger partial charge on any atom is 0.133 e. The zero-order chi connectivity index (χ0) is 9.68. The van der Waals surface area contributed by atoms with E-state index in [4.69, 9.17) is 5.41 Å². The second-order valence-corrected chi connectivity index (χ2v) is 2.65. The maximum absolute atomic E-state index is 7.14. The quantitative estimate of drug-likeness (QED) is 0.690. The summed E-state index contributed by atoms with van der Waals surface area (Å²) >= 11 is 0. The van der Waals surface area contributed by atoms with E-state index in [9.17, 15) is 0 Å². The molecule has 0 aliphatic carbocycles. The molecule has 2 N–H and O–H groups in total. The van der Waals surface area contributed by atoms with Crippen LogP contribution in [0.1, 0.15) is 12.7 Å². The Kier molecular flexibility index (Phi) is 3.14. The van der Waals surface area contributed by atoms with Crippen molar-refractivity contribution in [3.8, 4) is 0 Å². The summed E-state index contributed by atoms with van der Waals surface area (Å²) in [6, 6.07) is 1.77. The maximum atomic E-state index is 7.14. The number of rotatable bonds is 3. The van der Waals surface area contributed by atoms with Gasteiger partial charge in [-0.2, -0.15) is 0 Å². The Morgan fingerprint density at radius 3 is 3.00 bits per heavy atom. The Hall–Kier alpha value is -1.71. The highest BCUT2D eigenvalue weighted by Crippen LogP contribution is 2.00. The second kappa shape index (κ2) is 4.35. The Bertz CT molecular complexity index is 330. The van der Waals surface area contributed by atoms with Crippen LogP contribution in [0.4, 0.5) is 5.82 Å². The van der Waals surface area contributed by atoms with Gasteiger partial charge in [0.25, 0.3) is 0 Å². The third-order valence-electron chi connectivity index (χ3n) is 1.34. The number of hydrogen-bond donors (Lipinski definition) is 2. The molecule has 0 aliphatic rings. The molecule has 0 spiro atoms. The van der Waals surface area contributed by atoms with Crippen LogP contribution in [0.2, 0.25) is 0 Å². The molecule has 0 amide bonds. The molecule has 1 aromatic heterocycles. The van der Waals surface area contributed by atoms with Gasteiger partial charge in [0.1, 0.15) is 11.6 Å². The number of anilines is 1. The van der Waals surface area contributed by atoms with Crippen LogP contribution in [0.5, 0.6) is 0 Å². The highest BCUT2D eigenvalue weighted by atomic mass is 15.0. The van der Waals surface area contributed by atoms with Crippen molar-refractivity contribution in [3.63, 3.8) is 0 Å². The predicted molar refractivity (Wildman–Crippen MR) is 52.9 cm³/mol. The SMILES string of the molecule is CC(=N)/C=C\Nc1ccnc(C)n1. The Morgan fingerprint density at radius 1 is 1.62 bits per heavy atom. The normalized spacial score (nSPS) is 10.3. The molecule has 68 valence electrons. The van der Waals surface area contributed by atoms with E-state index in [1.54, 1.807) is 31.5 Å². The molecule has 1 heterocycles. The number of nitrogens with one attached hydrogen (secondary N) is 2. The van der Waals surface area contributed by atoms with Crippen molar-refractivity contribution >= 4 is 11.5 Å². The third-order valence-corrected chi connectivity index (χ3v) is 1.34. The van der Waals surface area contributed by atoms with Gasteiger partial charge in [0.05, 0.1) is 0 Å². The van der Waals surface area contributed by atoms with Gasteiger partial charge in [-0.3, -0.25) is 0 Å². The van der Waals surface area contributed by atoms with E-state index in [1.807, 2.05) is 6.92 Å². The van der Waals surface area contributed by atoms with Gasteiger partial charge < -0.3 is 10.7 Å². The van der Waals surface area contributed by atoms with E-state index in [1.165, 1.54) is 0 Å². The van der Waals surface area contributed by atoms with Crippen molar-refractivity contribution in [2.75, 3.05) is 5.32 Å². The fourth-order valence-electron chi connectivity index (χ4n) is 0.789. The average Bonchev–Trinajstić information content (AvgIpc) is 2.03. The minimum absolute atomic E-state index is 0.498. The van der Waals surface area contributed by atoms with Gasteiger partial charge in [-0.05, 0) is 26.0 Å². The zero-order valence-electron chi connectivity index (χ0n) is 7.70. The van der Waals surface area contributed by atoms with Gasteiger partial charge in [-0.1, -0.05) is 0 Å². The summed E-state index contributed by atoms with van der Waals surface area (Å²) in [6.07, 6.45) is 5.04. The minimum Gasteiger partial charge on any atom is -0.347 e. The second-order valence-electron chi connectivity index (χ2n) is 2.65. The van der Waals surface area contributed by atoms with E-state index < -0.39 is 0 Å². The molecule has 0 bridgehead atoms. The van der Waals surface area contributed by atoms with Gasteiger partial charge in [-0.15, -0.1) is 0 Å². The van der Waals surface area contributed by atoms with Crippen LogP contribution >= 0.6 is 0 Å². The van der Waals surface area contributed by atoms with Crippen LogP contribution in [0, 0.1) is 12.3 Å². The molecule has 0 saturated heterocycles. The van der Waals surface area contributed by atoms with E-state index in [2.05, 4.69) is 15.3 Å². The van der Waals surface area contributed by atoms with E-state index in [0.717, 1.165) is 11.6 Å². The smallest absolute Gasteiger partial charge is 0.133 e. The average molecular weight is 176 g/mol. The van der Waals surface area contributed by atoms with Crippen molar-refractivity contribution in [1.29, 1.82) is 5.41 Å². The number of allylic oxidation sites excluding steroid dienone is 1. The molecule has 0 unspecified atom stereocenters. The van der Waals surface area contributed by atoms with Gasteiger partial charge >= 0.3 is 0 Å². The Balaban J connectivity index is 2.59. The van der Waals surface area contributed by atoms with Gasteiger partial charge in [0.15, 0.2) is 0 Å². The van der Waals surface area contributed by atoms with Crippen LogP contribution < -0.4 is 5.32 Å². The molecule has 0 radical (unpaired) electrons. The first-order valence-electron chi connectivity index (χ1n) is 3.96. The topological polar surface area (TPSA) is 61.7 Å². The molecule has 0 atom stereocenters. The monoisotopic (exact) mass is 176 g/mol. The molecule has 1 aromatic rings. The van der Waals surface area contributed by atoms with E-state index >= 15 is 0 Å². The highest BCUT2D eigenvalue weighted by molar-refractivity contribution is 5.90. The molecule has 1 rings (SSSR count). The summed E-state index contributed by atoms with van der Waals surface area (Å²) < 4.78 is 0. The number of aryl methyl sites for hydroxylation is 1. The Morgan fingerprint density at radius 2 is 2.38 bits per heavy atom. The lowest BCUT2D eigenvalue weighted by atomic mass is 10.4. The lowest BCUT2D eigenvalue weighted by Gasteiger charge is -1.98. The van der Waals surface area contributed by atoms with Crippen LogP contribution in [0.25, 0.3) is 0 Å².